The van der Waals surface area contributed by atoms with Crippen molar-refractivity contribution in [2.24, 2.45) is 0 Å². The lowest BCUT2D eigenvalue weighted by atomic mass is 10.0. The number of hydrogen-bond acceptors (Lipinski definition) is 9. The van der Waals surface area contributed by atoms with Crippen molar-refractivity contribution in [2.45, 2.75) is 31.8 Å². The standard InChI is InChI=1S/C22H16FNO5S.C12H14FNOS/c1-11(25)14-7-15-16(8-18(14)30-2)24(10-12-3-5-13(23)6-4-12)22(28)20-17(26)9-19(27)29-21(15)20;1-9(15)7-12(16-2)14-8-10-3-5-11(13)6-4-10/h3-9,26H,10H2,1-2H3;3-7,14H,8H2,1-2H3/b;12-7-. The summed E-state index contributed by atoms with van der Waals surface area (Å²) in [6, 6.07) is 16.1. The molecule has 0 unspecified atom stereocenters. The number of aromatic nitrogens is 1. The van der Waals surface area contributed by atoms with E-state index in [0.717, 1.165) is 16.7 Å². The minimum Gasteiger partial charge on any atom is -0.507 e. The lowest BCUT2D eigenvalue weighted by molar-refractivity contribution is -0.112. The van der Waals surface area contributed by atoms with E-state index in [2.05, 4.69) is 5.32 Å². The normalized spacial score (nSPS) is 11.3. The van der Waals surface area contributed by atoms with Crippen LogP contribution in [0.3, 0.4) is 0 Å². The number of thioether (sulfide) groups is 2. The summed E-state index contributed by atoms with van der Waals surface area (Å²) in [5.74, 6) is -1.32. The molecule has 3 aromatic carbocycles. The molecule has 5 rings (SSSR count). The number of pyridine rings is 1. The van der Waals surface area contributed by atoms with Crippen LogP contribution in [0.1, 0.15) is 35.3 Å². The van der Waals surface area contributed by atoms with Crippen molar-refractivity contribution in [3.05, 3.63) is 127 Å². The highest BCUT2D eigenvalue weighted by atomic mass is 32.2. The van der Waals surface area contributed by atoms with Gasteiger partial charge in [-0.25, -0.2) is 13.6 Å². The Bertz CT molecular complexity index is 2070. The molecule has 0 atom stereocenters. The van der Waals surface area contributed by atoms with Crippen LogP contribution in [0.5, 0.6) is 5.75 Å². The molecule has 0 aliphatic rings. The summed E-state index contributed by atoms with van der Waals surface area (Å²) in [6.45, 7) is 3.61. The van der Waals surface area contributed by atoms with Gasteiger partial charge >= 0.3 is 5.63 Å². The van der Waals surface area contributed by atoms with Crippen molar-refractivity contribution < 1.29 is 27.9 Å². The largest absolute Gasteiger partial charge is 0.507 e. The second-order valence-electron chi connectivity index (χ2n) is 10.1. The average molecular weight is 665 g/mol. The van der Waals surface area contributed by atoms with E-state index in [1.165, 1.54) is 66.2 Å². The van der Waals surface area contributed by atoms with Crippen LogP contribution in [0.2, 0.25) is 0 Å². The van der Waals surface area contributed by atoms with Gasteiger partial charge in [0.2, 0.25) is 0 Å². The van der Waals surface area contributed by atoms with Crippen LogP contribution in [-0.4, -0.2) is 33.8 Å². The van der Waals surface area contributed by atoms with E-state index in [9.17, 15) is 33.1 Å². The van der Waals surface area contributed by atoms with Gasteiger partial charge in [0.05, 0.1) is 23.2 Å². The van der Waals surface area contributed by atoms with Gasteiger partial charge in [-0.1, -0.05) is 24.3 Å². The van der Waals surface area contributed by atoms with Crippen molar-refractivity contribution >= 4 is 57.0 Å². The summed E-state index contributed by atoms with van der Waals surface area (Å²) in [4.78, 5) is 48.8. The highest BCUT2D eigenvalue weighted by Gasteiger charge is 2.20. The molecule has 46 heavy (non-hydrogen) atoms. The lowest BCUT2D eigenvalue weighted by Crippen LogP contribution is -2.22. The van der Waals surface area contributed by atoms with Gasteiger partial charge in [-0.15, -0.1) is 23.5 Å². The van der Waals surface area contributed by atoms with Crippen LogP contribution >= 0.6 is 23.5 Å². The molecule has 2 N–H and O–H groups in total. The van der Waals surface area contributed by atoms with E-state index in [-0.39, 0.29) is 34.9 Å². The first-order valence-corrected chi connectivity index (χ1v) is 16.3. The van der Waals surface area contributed by atoms with Crippen LogP contribution in [0, 0.1) is 11.6 Å². The molecule has 0 aliphatic heterocycles. The number of allylic oxidation sites excluding steroid dienone is 1. The summed E-state index contributed by atoms with van der Waals surface area (Å²) in [5, 5.41) is 14.4. The Hall–Kier alpha value is -4.68. The third-order valence-corrected chi connectivity index (χ3v) is 8.30. The monoisotopic (exact) mass is 664 g/mol. The predicted octanol–water partition coefficient (Wildman–Crippen LogP) is 6.63. The maximum absolute atomic E-state index is 13.3. The number of fused-ring (bicyclic) bond motifs is 3. The smallest absolute Gasteiger partial charge is 0.339 e. The molecule has 0 aliphatic carbocycles. The zero-order chi connectivity index (χ0) is 33.5. The molecule has 2 aromatic heterocycles. The van der Waals surface area contributed by atoms with Gasteiger partial charge in [-0.2, -0.15) is 0 Å². The Morgan fingerprint density at radius 1 is 0.935 bits per heavy atom. The lowest BCUT2D eigenvalue weighted by Gasteiger charge is -2.15. The molecule has 5 aromatic rings. The molecular formula is C34H30F2N2O6S2. The van der Waals surface area contributed by atoms with Crippen LogP contribution in [0.15, 0.2) is 96.7 Å². The Balaban J connectivity index is 0.000000254. The van der Waals surface area contributed by atoms with Crippen LogP contribution < -0.4 is 16.5 Å². The van der Waals surface area contributed by atoms with Gasteiger partial charge in [0.25, 0.3) is 5.56 Å². The fraction of sp³-hybridized carbons (Fsp3) is 0.176. The zero-order valence-corrected chi connectivity index (χ0v) is 27.0. The van der Waals surface area contributed by atoms with Crippen molar-refractivity contribution in [1.29, 1.82) is 0 Å². The number of hydrogen-bond donors (Lipinski definition) is 2. The van der Waals surface area contributed by atoms with Gasteiger partial charge in [-0.3, -0.25) is 14.4 Å². The maximum Gasteiger partial charge on any atom is 0.339 e. The fourth-order valence-corrected chi connectivity index (χ4v) is 5.78. The van der Waals surface area contributed by atoms with E-state index >= 15 is 0 Å². The number of rotatable bonds is 9. The third kappa shape index (κ3) is 8.12. The SMILES string of the molecule is CS/C(=C\C(C)=O)NCc1ccc(F)cc1.CSc1cc2c(cc1C(C)=O)c1oc(=O)cc(O)c1c(=O)n2Cc1ccc(F)cc1. The molecule has 8 nitrogen and oxygen atoms in total. The highest BCUT2D eigenvalue weighted by Crippen LogP contribution is 2.32. The Morgan fingerprint density at radius 3 is 2.09 bits per heavy atom. The first-order valence-electron chi connectivity index (χ1n) is 13.8. The van der Waals surface area contributed by atoms with Crippen LogP contribution in [-0.2, 0) is 17.9 Å². The average Bonchev–Trinajstić information content (AvgIpc) is 3.02. The van der Waals surface area contributed by atoms with Gasteiger partial charge < -0.3 is 19.4 Å². The van der Waals surface area contributed by atoms with Gasteiger partial charge in [-0.05, 0) is 73.9 Å². The minimum atomic E-state index is -0.810. The molecule has 0 bridgehead atoms. The topological polar surface area (TPSA) is 119 Å². The Morgan fingerprint density at radius 2 is 1.54 bits per heavy atom. The molecule has 2 heterocycles. The molecule has 238 valence electrons. The molecular weight excluding hydrogens is 635 g/mol. The number of carbonyl (C=O) groups excluding carboxylic acids is 2. The first kappa shape index (κ1) is 34.2. The molecule has 12 heteroatoms. The molecule has 0 amide bonds. The molecule has 0 saturated heterocycles. The molecule has 0 spiro atoms. The number of aromatic hydroxyl groups is 1. The van der Waals surface area contributed by atoms with E-state index < -0.39 is 22.8 Å². The number of halogens is 2. The van der Waals surface area contributed by atoms with Gasteiger partial charge in [0.1, 0.15) is 22.8 Å². The van der Waals surface area contributed by atoms with E-state index in [0.29, 0.717) is 33.5 Å². The Kier molecular flexibility index (Phi) is 11.2. The number of Topliss-reactive ketones (excluding diaryl/α,β-unsaturated/α-hetero) is 1. The molecule has 0 fully saturated rings. The second-order valence-corrected chi connectivity index (χ2v) is 11.8. The zero-order valence-electron chi connectivity index (χ0n) is 25.4. The predicted molar refractivity (Wildman–Crippen MR) is 179 cm³/mol. The van der Waals surface area contributed by atoms with Crippen molar-refractivity contribution in [3.63, 3.8) is 0 Å². The maximum atomic E-state index is 13.3. The van der Waals surface area contributed by atoms with E-state index in [1.54, 1.807) is 42.5 Å². The fourth-order valence-electron chi connectivity index (χ4n) is 4.63. The van der Waals surface area contributed by atoms with E-state index in [4.69, 9.17) is 4.42 Å². The Labute approximate surface area is 271 Å². The second kappa shape index (κ2) is 15.1. The highest BCUT2D eigenvalue weighted by molar-refractivity contribution is 8.02. The number of ketones is 2. The number of benzene rings is 3. The van der Waals surface area contributed by atoms with Crippen molar-refractivity contribution in [3.8, 4) is 5.75 Å². The number of nitrogens with zero attached hydrogens (tertiary/aromatic N) is 1. The summed E-state index contributed by atoms with van der Waals surface area (Å²) >= 11 is 2.82. The van der Waals surface area contributed by atoms with Gasteiger partial charge in [0.15, 0.2) is 17.1 Å². The van der Waals surface area contributed by atoms with E-state index in [1.807, 2.05) is 12.5 Å². The summed E-state index contributed by atoms with van der Waals surface area (Å²) in [5.41, 5.74) is 1.03. The number of carbonyl (C=O) groups is 2. The summed E-state index contributed by atoms with van der Waals surface area (Å²) in [6.07, 6.45) is 5.25. The van der Waals surface area contributed by atoms with Crippen molar-refractivity contribution in [2.75, 3.05) is 12.5 Å². The van der Waals surface area contributed by atoms with Crippen LogP contribution in [0.25, 0.3) is 21.9 Å². The third-order valence-electron chi connectivity index (χ3n) is 6.82. The summed E-state index contributed by atoms with van der Waals surface area (Å²) < 4.78 is 32.6. The number of nitrogens with one attached hydrogen (secondary N) is 1. The van der Waals surface area contributed by atoms with Crippen LogP contribution in [0.4, 0.5) is 8.78 Å². The molecule has 0 saturated carbocycles. The minimum absolute atomic E-state index is 0.0101. The molecule has 0 radical (unpaired) electrons. The first-order chi connectivity index (χ1) is 21.9. The summed E-state index contributed by atoms with van der Waals surface area (Å²) in [7, 11) is 0. The van der Waals surface area contributed by atoms with Crippen molar-refractivity contribution in [1.82, 2.24) is 9.88 Å². The van der Waals surface area contributed by atoms with Gasteiger partial charge in [0, 0.05) is 28.5 Å². The quantitative estimate of drug-likeness (QED) is 0.0774.